The molecule has 0 spiro atoms. The number of likely N-dealkylation sites (N-methyl/N-ethyl adjacent to an activating group) is 1. The van der Waals surface area contributed by atoms with Crippen LogP contribution in [0.3, 0.4) is 0 Å². The topological polar surface area (TPSA) is 83.6 Å². The SMILES string of the molecule is COc1ccc([C@@H](CNc2c(NCc3ccncc3)c(=O)c2=O)N(C)C)cc1. The highest BCUT2D eigenvalue weighted by Crippen LogP contribution is 2.23. The predicted molar refractivity (Wildman–Crippen MR) is 111 cm³/mol. The van der Waals surface area contributed by atoms with Gasteiger partial charge in [-0.15, -0.1) is 0 Å². The van der Waals surface area contributed by atoms with Crippen LogP contribution < -0.4 is 26.2 Å². The lowest BCUT2D eigenvalue weighted by molar-refractivity contribution is 0.311. The van der Waals surface area contributed by atoms with E-state index < -0.39 is 10.9 Å². The van der Waals surface area contributed by atoms with Crippen LogP contribution in [-0.4, -0.2) is 37.6 Å². The summed E-state index contributed by atoms with van der Waals surface area (Å²) >= 11 is 0. The Kier molecular flexibility index (Phi) is 6.06. The van der Waals surface area contributed by atoms with Gasteiger partial charge in [-0.2, -0.15) is 0 Å². The average molecular weight is 380 g/mol. The molecule has 0 radical (unpaired) electrons. The Morgan fingerprint density at radius 3 is 2.14 bits per heavy atom. The van der Waals surface area contributed by atoms with Crippen molar-refractivity contribution in [3.8, 4) is 5.75 Å². The number of nitrogens with one attached hydrogen (secondary N) is 2. The van der Waals surface area contributed by atoms with E-state index in [0.717, 1.165) is 16.9 Å². The molecule has 3 rings (SSSR count). The van der Waals surface area contributed by atoms with E-state index in [1.807, 2.05) is 50.5 Å². The predicted octanol–water partition coefficient (Wildman–Crippen LogP) is 2.01. The number of hydrogen-bond acceptors (Lipinski definition) is 7. The molecular formula is C21H24N4O3. The van der Waals surface area contributed by atoms with E-state index in [1.165, 1.54) is 0 Å². The van der Waals surface area contributed by atoms with Gasteiger partial charge >= 0.3 is 0 Å². The van der Waals surface area contributed by atoms with Crippen LogP contribution in [-0.2, 0) is 6.54 Å². The largest absolute Gasteiger partial charge is 0.497 e. The van der Waals surface area contributed by atoms with Crippen LogP contribution in [0.4, 0.5) is 11.4 Å². The van der Waals surface area contributed by atoms with Crippen molar-refractivity contribution in [1.82, 2.24) is 9.88 Å². The molecule has 0 bridgehead atoms. The zero-order valence-electron chi connectivity index (χ0n) is 16.2. The molecule has 0 unspecified atom stereocenters. The first-order valence-electron chi connectivity index (χ1n) is 9.01. The highest BCUT2D eigenvalue weighted by Gasteiger charge is 2.22. The summed E-state index contributed by atoms with van der Waals surface area (Å²) in [4.78, 5) is 30.0. The summed E-state index contributed by atoms with van der Waals surface area (Å²) in [7, 11) is 5.58. The molecule has 7 nitrogen and oxygen atoms in total. The molecule has 146 valence electrons. The van der Waals surface area contributed by atoms with Crippen molar-refractivity contribution in [3.05, 3.63) is 80.4 Å². The van der Waals surface area contributed by atoms with Crippen LogP contribution in [0.25, 0.3) is 0 Å². The van der Waals surface area contributed by atoms with Gasteiger partial charge in [0.05, 0.1) is 13.2 Å². The van der Waals surface area contributed by atoms with Crippen molar-refractivity contribution in [2.75, 3.05) is 38.4 Å². The summed E-state index contributed by atoms with van der Waals surface area (Å²) in [6.45, 7) is 0.950. The van der Waals surface area contributed by atoms with E-state index in [4.69, 9.17) is 4.74 Å². The molecule has 2 N–H and O–H groups in total. The number of aromatic nitrogens is 1. The van der Waals surface area contributed by atoms with Crippen molar-refractivity contribution in [2.24, 2.45) is 0 Å². The third kappa shape index (κ3) is 4.20. The minimum atomic E-state index is -0.484. The fourth-order valence-electron chi connectivity index (χ4n) is 3.04. The summed E-state index contributed by atoms with van der Waals surface area (Å²) in [5.41, 5.74) is 1.79. The number of pyridine rings is 1. The van der Waals surface area contributed by atoms with Gasteiger partial charge in [0.25, 0.3) is 10.9 Å². The second-order valence-corrected chi connectivity index (χ2v) is 6.75. The summed E-state index contributed by atoms with van der Waals surface area (Å²) < 4.78 is 5.21. The van der Waals surface area contributed by atoms with Crippen LogP contribution >= 0.6 is 0 Å². The van der Waals surface area contributed by atoms with Gasteiger partial charge in [0.1, 0.15) is 17.1 Å². The Morgan fingerprint density at radius 1 is 0.964 bits per heavy atom. The van der Waals surface area contributed by atoms with Crippen molar-refractivity contribution in [1.29, 1.82) is 0 Å². The Morgan fingerprint density at radius 2 is 1.57 bits per heavy atom. The van der Waals surface area contributed by atoms with E-state index in [2.05, 4.69) is 20.5 Å². The highest BCUT2D eigenvalue weighted by atomic mass is 16.5. The highest BCUT2D eigenvalue weighted by molar-refractivity contribution is 5.74. The average Bonchev–Trinajstić information content (AvgIpc) is 2.73. The zero-order chi connectivity index (χ0) is 20.1. The van der Waals surface area contributed by atoms with Gasteiger partial charge in [0, 0.05) is 25.5 Å². The van der Waals surface area contributed by atoms with Crippen molar-refractivity contribution >= 4 is 11.4 Å². The monoisotopic (exact) mass is 380 g/mol. The van der Waals surface area contributed by atoms with Crippen LogP contribution in [0.5, 0.6) is 5.75 Å². The van der Waals surface area contributed by atoms with Crippen molar-refractivity contribution in [3.63, 3.8) is 0 Å². The Balaban J connectivity index is 1.69. The quantitative estimate of drug-likeness (QED) is 0.550. The molecular weight excluding hydrogens is 356 g/mol. The molecule has 3 aromatic rings. The molecule has 7 heteroatoms. The normalized spacial score (nSPS) is 12.1. The Hall–Kier alpha value is -3.19. The molecule has 0 aliphatic heterocycles. The maximum absolute atomic E-state index is 12.0. The lowest BCUT2D eigenvalue weighted by Gasteiger charge is -2.26. The van der Waals surface area contributed by atoms with Crippen LogP contribution in [0.1, 0.15) is 17.2 Å². The van der Waals surface area contributed by atoms with Crippen LogP contribution in [0.2, 0.25) is 0 Å². The molecule has 0 saturated heterocycles. The van der Waals surface area contributed by atoms with Crippen LogP contribution in [0.15, 0.2) is 58.4 Å². The first kappa shape index (κ1) is 19.6. The van der Waals surface area contributed by atoms with Crippen molar-refractivity contribution in [2.45, 2.75) is 12.6 Å². The van der Waals surface area contributed by atoms with Gasteiger partial charge in [0.15, 0.2) is 0 Å². The van der Waals surface area contributed by atoms with Crippen molar-refractivity contribution < 1.29 is 4.74 Å². The second-order valence-electron chi connectivity index (χ2n) is 6.75. The Labute approximate surface area is 163 Å². The standard InChI is InChI=1S/C21H24N4O3/c1-25(2)17(15-4-6-16(28-3)7-5-15)13-24-19-18(20(26)21(19)27)23-12-14-8-10-22-11-9-14/h4-11,17,23-24H,12-13H2,1-3H3/t17-/m1/s1. The van der Waals surface area contributed by atoms with Gasteiger partial charge < -0.3 is 20.3 Å². The maximum Gasteiger partial charge on any atom is 0.253 e. The molecule has 0 fully saturated rings. The minimum absolute atomic E-state index is 0.0309. The van der Waals surface area contributed by atoms with Gasteiger partial charge in [-0.1, -0.05) is 12.1 Å². The lowest BCUT2D eigenvalue weighted by Crippen LogP contribution is -2.39. The molecule has 0 amide bonds. The summed E-state index contributed by atoms with van der Waals surface area (Å²) in [5, 5.41) is 6.22. The van der Waals surface area contributed by atoms with E-state index in [9.17, 15) is 9.59 Å². The number of ether oxygens (including phenoxy) is 1. The molecule has 1 heterocycles. The van der Waals surface area contributed by atoms with E-state index in [-0.39, 0.29) is 6.04 Å². The number of benzene rings is 1. The number of rotatable bonds is 9. The molecule has 2 aromatic carbocycles. The molecule has 1 aromatic heterocycles. The van der Waals surface area contributed by atoms with Crippen LogP contribution in [0, 0.1) is 0 Å². The fourth-order valence-corrected chi connectivity index (χ4v) is 3.04. The first-order chi connectivity index (χ1) is 13.5. The lowest BCUT2D eigenvalue weighted by atomic mass is 10.0. The summed E-state index contributed by atoms with van der Waals surface area (Å²) in [5.74, 6) is 0.791. The van der Waals surface area contributed by atoms with Gasteiger partial charge in [-0.3, -0.25) is 14.6 Å². The molecule has 1 atom stereocenters. The summed E-state index contributed by atoms with van der Waals surface area (Å²) in [6, 6.07) is 11.6. The molecule has 28 heavy (non-hydrogen) atoms. The zero-order valence-corrected chi connectivity index (χ0v) is 16.2. The maximum atomic E-state index is 12.0. The molecule has 0 saturated carbocycles. The summed E-state index contributed by atoms with van der Waals surface area (Å²) in [6.07, 6.45) is 3.38. The van der Waals surface area contributed by atoms with E-state index >= 15 is 0 Å². The number of anilines is 2. The van der Waals surface area contributed by atoms with E-state index in [1.54, 1.807) is 19.5 Å². The van der Waals surface area contributed by atoms with Gasteiger partial charge in [0.2, 0.25) is 0 Å². The van der Waals surface area contributed by atoms with Gasteiger partial charge in [-0.25, -0.2) is 0 Å². The third-order valence-electron chi connectivity index (χ3n) is 4.73. The van der Waals surface area contributed by atoms with E-state index in [0.29, 0.717) is 24.5 Å². The number of nitrogens with zero attached hydrogens (tertiary/aromatic N) is 2. The molecule has 0 aliphatic rings. The molecule has 0 aliphatic carbocycles. The third-order valence-corrected chi connectivity index (χ3v) is 4.73. The smallest absolute Gasteiger partial charge is 0.253 e. The first-order valence-corrected chi connectivity index (χ1v) is 9.01. The Bertz CT molecular complexity index is 977. The number of hydrogen-bond donors (Lipinski definition) is 2. The van der Waals surface area contributed by atoms with Gasteiger partial charge in [-0.05, 0) is 49.5 Å². The fraction of sp³-hybridized carbons (Fsp3) is 0.286. The second kappa shape index (κ2) is 8.67. The minimum Gasteiger partial charge on any atom is -0.497 e. The number of methoxy groups -OCH3 is 1.